The van der Waals surface area contributed by atoms with Crippen LogP contribution in [0.1, 0.15) is 0 Å². The lowest BCUT2D eigenvalue weighted by Gasteiger charge is -2.28. The maximum absolute atomic E-state index is 6.32. The molecule has 0 radical (unpaired) electrons. The third-order valence-corrected chi connectivity index (χ3v) is 11.1. The average Bonchev–Trinajstić information content (AvgIpc) is 3.83. The number of fused-ring (bicyclic) bond motifs is 4. The van der Waals surface area contributed by atoms with Crippen molar-refractivity contribution in [2.24, 2.45) is 0 Å². The third-order valence-electron chi connectivity index (χ3n) is 9.93. The van der Waals surface area contributed by atoms with Crippen LogP contribution in [0.5, 0.6) is 0 Å². The van der Waals surface area contributed by atoms with Crippen LogP contribution in [0.4, 0.5) is 17.1 Å². The molecule has 0 fully saturated rings. The molecule has 0 atom stereocenters. The average molecular weight is 697 g/mol. The van der Waals surface area contributed by atoms with E-state index in [4.69, 9.17) is 9.40 Å². The SMILES string of the molecule is c1ccc(-c2ccc(-c3ccc(N(c4ccccc4-c4ccccc4)c4cccc5c4sc4cc6nc(-c7ccccc7)oc6cc45)cc3)cc2)cc1. The van der Waals surface area contributed by atoms with Gasteiger partial charge in [0.05, 0.1) is 16.1 Å². The number of benzene rings is 8. The molecule has 2 aromatic heterocycles. The summed E-state index contributed by atoms with van der Waals surface area (Å²) in [6, 6.07) is 68.7. The van der Waals surface area contributed by atoms with E-state index in [9.17, 15) is 0 Å². The number of hydrogen-bond donors (Lipinski definition) is 0. The number of nitrogens with zero attached hydrogens (tertiary/aromatic N) is 2. The van der Waals surface area contributed by atoms with Crippen LogP contribution in [0.15, 0.2) is 199 Å². The summed E-state index contributed by atoms with van der Waals surface area (Å²) in [6.45, 7) is 0. The van der Waals surface area contributed by atoms with Gasteiger partial charge in [0, 0.05) is 32.3 Å². The first kappa shape index (κ1) is 31.0. The molecule has 53 heavy (non-hydrogen) atoms. The summed E-state index contributed by atoms with van der Waals surface area (Å²) in [5.74, 6) is 0.641. The molecule has 0 aliphatic heterocycles. The third kappa shape index (κ3) is 5.66. The fraction of sp³-hybridized carbons (Fsp3) is 0. The highest BCUT2D eigenvalue weighted by molar-refractivity contribution is 7.26. The van der Waals surface area contributed by atoms with Gasteiger partial charge in [0.25, 0.3) is 0 Å². The second-order valence-electron chi connectivity index (χ2n) is 13.2. The van der Waals surface area contributed by atoms with E-state index in [-0.39, 0.29) is 0 Å². The minimum atomic E-state index is 0.641. The highest BCUT2D eigenvalue weighted by atomic mass is 32.1. The number of thiophene rings is 1. The standard InChI is InChI=1S/C49H32N2OS/c1-4-13-33(14-5-1)34-23-25-35(26-24-34)36-27-29-39(30-28-36)51(44-21-11-10-19-40(44)37-15-6-2-7-16-37)45-22-12-20-41-42-31-46-43(32-47(42)53-48(41)45)50-49(52-46)38-17-8-3-9-18-38/h1-32H. The predicted molar refractivity (Wildman–Crippen MR) is 223 cm³/mol. The van der Waals surface area contributed by atoms with Crippen LogP contribution in [0.2, 0.25) is 0 Å². The van der Waals surface area contributed by atoms with Crippen molar-refractivity contribution in [2.75, 3.05) is 4.90 Å². The second kappa shape index (κ2) is 13.1. The van der Waals surface area contributed by atoms with Crippen LogP contribution in [0, 0.1) is 0 Å². The van der Waals surface area contributed by atoms with Crippen molar-refractivity contribution in [3.8, 4) is 44.8 Å². The molecule has 0 saturated heterocycles. The van der Waals surface area contributed by atoms with Crippen molar-refractivity contribution in [1.82, 2.24) is 4.98 Å². The lowest BCUT2D eigenvalue weighted by Crippen LogP contribution is -2.11. The molecule has 2 heterocycles. The first-order valence-corrected chi connectivity index (χ1v) is 18.6. The zero-order valence-corrected chi connectivity index (χ0v) is 29.5. The van der Waals surface area contributed by atoms with Crippen LogP contribution in [0.25, 0.3) is 76.1 Å². The van der Waals surface area contributed by atoms with E-state index >= 15 is 0 Å². The van der Waals surface area contributed by atoms with E-state index < -0.39 is 0 Å². The van der Waals surface area contributed by atoms with E-state index in [1.807, 2.05) is 30.3 Å². The van der Waals surface area contributed by atoms with Gasteiger partial charge in [0.2, 0.25) is 5.89 Å². The molecule has 0 saturated carbocycles. The van der Waals surface area contributed by atoms with Gasteiger partial charge < -0.3 is 9.32 Å². The number of hydrogen-bond acceptors (Lipinski definition) is 4. The Morgan fingerprint density at radius 3 is 1.66 bits per heavy atom. The van der Waals surface area contributed by atoms with Gasteiger partial charge in [0.1, 0.15) is 5.52 Å². The summed E-state index contributed by atoms with van der Waals surface area (Å²) in [6.07, 6.45) is 0. The quantitative estimate of drug-likeness (QED) is 0.166. The maximum atomic E-state index is 6.32. The van der Waals surface area contributed by atoms with Gasteiger partial charge in [-0.3, -0.25) is 0 Å². The fourth-order valence-electron chi connectivity index (χ4n) is 7.31. The first-order valence-electron chi connectivity index (χ1n) is 17.8. The van der Waals surface area contributed by atoms with Gasteiger partial charge in [-0.1, -0.05) is 146 Å². The molecule has 8 aromatic carbocycles. The van der Waals surface area contributed by atoms with E-state index in [2.05, 4.69) is 169 Å². The Labute approximate surface area is 311 Å². The minimum absolute atomic E-state index is 0.641. The smallest absolute Gasteiger partial charge is 0.227 e. The summed E-state index contributed by atoms with van der Waals surface area (Å²) in [4.78, 5) is 7.30. The van der Waals surface area contributed by atoms with Gasteiger partial charge >= 0.3 is 0 Å². The molecule has 0 spiro atoms. The molecule has 0 N–H and O–H groups in total. The maximum Gasteiger partial charge on any atom is 0.227 e. The van der Waals surface area contributed by atoms with Gasteiger partial charge in [-0.2, -0.15) is 0 Å². The van der Waals surface area contributed by atoms with Crippen LogP contribution in [-0.2, 0) is 0 Å². The predicted octanol–water partition coefficient (Wildman–Crippen LogP) is 14.3. The van der Waals surface area contributed by atoms with Crippen molar-refractivity contribution in [3.63, 3.8) is 0 Å². The topological polar surface area (TPSA) is 29.3 Å². The van der Waals surface area contributed by atoms with Gasteiger partial charge in [-0.15, -0.1) is 11.3 Å². The van der Waals surface area contributed by atoms with Crippen LogP contribution < -0.4 is 4.90 Å². The first-order chi connectivity index (χ1) is 26.3. The Morgan fingerprint density at radius 1 is 0.434 bits per heavy atom. The van der Waals surface area contributed by atoms with E-state index in [0.29, 0.717) is 5.89 Å². The van der Waals surface area contributed by atoms with Crippen LogP contribution in [-0.4, -0.2) is 4.98 Å². The molecule has 0 bridgehead atoms. The van der Waals surface area contributed by atoms with Crippen LogP contribution in [0.3, 0.4) is 0 Å². The molecule has 0 aliphatic carbocycles. The Balaban J connectivity index is 1.11. The molecule has 4 heteroatoms. The summed E-state index contributed by atoms with van der Waals surface area (Å²) < 4.78 is 8.71. The molecule has 3 nitrogen and oxygen atoms in total. The Hall–Kier alpha value is -6.75. The summed E-state index contributed by atoms with van der Waals surface area (Å²) in [5, 5.41) is 2.36. The van der Waals surface area contributed by atoms with Crippen molar-refractivity contribution in [3.05, 3.63) is 194 Å². The monoisotopic (exact) mass is 696 g/mol. The minimum Gasteiger partial charge on any atom is -0.436 e. The molecule has 0 amide bonds. The van der Waals surface area contributed by atoms with Crippen molar-refractivity contribution in [1.29, 1.82) is 0 Å². The normalized spacial score (nSPS) is 11.4. The molecule has 250 valence electrons. The summed E-state index contributed by atoms with van der Waals surface area (Å²) in [7, 11) is 0. The Morgan fingerprint density at radius 2 is 0.981 bits per heavy atom. The highest BCUT2D eigenvalue weighted by Gasteiger charge is 2.22. The van der Waals surface area contributed by atoms with E-state index in [1.54, 1.807) is 11.3 Å². The zero-order chi connectivity index (χ0) is 35.1. The molecule has 0 aliphatic rings. The van der Waals surface area contributed by atoms with E-state index in [1.165, 1.54) is 53.6 Å². The molecular weight excluding hydrogens is 665 g/mol. The molecule has 10 rings (SSSR count). The largest absolute Gasteiger partial charge is 0.436 e. The van der Waals surface area contributed by atoms with Crippen molar-refractivity contribution >= 4 is 59.7 Å². The summed E-state index contributed by atoms with van der Waals surface area (Å²) in [5.41, 5.74) is 13.1. The van der Waals surface area contributed by atoms with E-state index in [0.717, 1.165) is 33.7 Å². The fourth-order valence-corrected chi connectivity index (χ4v) is 8.53. The van der Waals surface area contributed by atoms with Crippen molar-refractivity contribution in [2.45, 2.75) is 0 Å². The lowest BCUT2D eigenvalue weighted by atomic mass is 9.99. The van der Waals surface area contributed by atoms with Gasteiger partial charge in [0.15, 0.2) is 5.58 Å². The molecule has 0 unspecified atom stereocenters. The number of para-hydroxylation sites is 1. The summed E-state index contributed by atoms with van der Waals surface area (Å²) >= 11 is 1.80. The van der Waals surface area contributed by atoms with Gasteiger partial charge in [-0.25, -0.2) is 4.98 Å². The van der Waals surface area contributed by atoms with Crippen LogP contribution >= 0.6 is 11.3 Å². The Kier molecular flexibility index (Phi) is 7.67. The lowest BCUT2D eigenvalue weighted by molar-refractivity contribution is 0.620. The Bertz CT molecular complexity index is 2860. The second-order valence-corrected chi connectivity index (χ2v) is 14.2. The number of anilines is 3. The zero-order valence-electron chi connectivity index (χ0n) is 28.7. The number of oxazole rings is 1. The molecule has 10 aromatic rings. The number of aromatic nitrogens is 1. The van der Waals surface area contributed by atoms with Crippen molar-refractivity contribution < 1.29 is 4.42 Å². The number of rotatable bonds is 7. The van der Waals surface area contributed by atoms with Gasteiger partial charge in [-0.05, 0) is 76.3 Å². The molecular formula is C49H32N2OS. The highest BCUT2D eigenvalue weighted by Crippen LogP contribution is 2.48.